The molecule has 0 spiro atoms. The van der Waals surface area contributed by atoms with Gasteiger partial charge in [0.25, 0.3) is 0 Å². The van der Waals surface area contributed by atoms with Gasteiger partial charge in [-0.25, -0.2) is 0 Å². The van der Waals surface area contributed by atoms with E-state index < -0.39 is 0 Å². The zero-order valence-electron chi connectivity index (χ0n) is 6.46. The molecule has 2 N–H and O–H groups in total. The molecule has 0 radical (unpaired) electrons. The van der Waals surface area contributed by atoms with Crippen LogP contribution in [0.4, 0.5) is 0 Å². The van der Waals surface area contributed by atoms with Gasteiger partial charge in [-0.2, -0.15) is 10.2 Å². The highest BCUT2D eigenvalue weighted by atomic mass is 15.1. The van der Waals surface area contributed by atoms with Gasteiger partial charge in [0.1, 0.15) is 0 Å². The van der Waals surface area contributed by atoms with E-state index in [1.54, 1.807) is 0 Å². The van der Waals surface area contributed by atoms with Crippen LogP contribution in [0.25, 0.3) is 0 Å². The monoisotopic (exact) mass is 139 g/mol. The molecule has 0 saturated heterocycles. The van der Waals surface area contributed by atoms with Crippen molar-refractivity contribution in [3.63, 3.8) is 0 Å². The summed E-state index contributed by atoms with van der Waals surface area (Å²) in [5, 5.41) is 8.01. The number of rotatable bonds is 1. The van der Waals surface area contributed by atoms with Crippen molar-refractivity contribution in [2.24, 2.45) is 16.0 Å². The minimum Gasteiger partial charge on any atom is -0.400 e. The Labute approximate surface area is 61.0 Å². The lowest BCUT2D eigenvalue weighted by atomic mass is 10.1. The Hall–Kier alpha value is -0.860. The Kier molecular flexibility index (Phi) is 2.04. The van der Waals surface area contributed by atoms with Crippen molar-refractivity contribution in [1.82, 2.24) is 0 Å². The summed E-state index contributed by atoms with van der Waals surface area (Å²) in [5.74, 6) is 0. The van der Waals surface area contributed by atoms with E-state index in [0.717, 1.165) is 24.2 Å². The molecule has 0 aromatic carbocycles. The molecule has 1 aliphatic rings. The first kappa shape index (κ1) is 7.25. The smallest absolute Gasteiger partial charge is 0.0810 e. The first-order chi connectivity index (χ1) is 4.74. The Balaban J connectivity index is 2.73. The Morgan fingerprint density at radius 2 is 2.40 bits per heavy atom. The van der Waals surface area contributed by atoms with Crippen LogP contribution in [0.5, 0.6) is 0 Å². The highest BCUT2D eigenvalue weighted by molar-refractivity contribution is 5.12. The van der Waals surface area contributed by atoms with Crippen LogP contribution in [0.15, 0.2) is 21.6 Å². The summed E-state index contributed by atoms with van der Waals surface area (Å²) < 4.78 is 0. The van der Waals surface area contributed by atoms with E-state index >= 15 is 0 Å². The highest BCUT2D eigenvalue weighted by Crippen LogP contribution is 2.18. The van der Waals surface area contributed by atoms with Gasteiger partial charge in [0, 0.05) is 12.1 Å². The van der Waals surface area contributed by atoms with Crippen LogP contribution in [0.1, 0.15) is 26.7 Å². The lowest BCUT2D eigenvalue weighted by Crippen LogP contribution is -2.12. The Morgan fingerprint density at radius 1 is 1.70 bits per heavy atom. The molecule has 1 rings (SSSR count). The van der Waals surface area contributed by atoms with Gasteiger partial charge >= 0.3 is 0 Å². The van der Waals surface area contributed by atoms with Crippen LogP contribution in [0.2, 0.25) is 0 Å². The van der Waals surface area contributed by atoms with Gasteiger partial charge < -0.3 is 5.73 Å². The summed E-state index contributed by atoms with van der Waals surface area (Å²) in [5.41, 5.74) is 7.57. The van der Waals surface area contributed by atoms with E-state index in [1.165, 1.54) is 0 Å². The second-order valence-electron chi connectivity index (χ2n) is 2.59. The third-order valence-electron chi connectivity index (χ3n) is 1.60. The number of hydrogen-bond acceptors (Lipinski definition) is 3. The number of allylic oxidation sites excluding steroid dienone is 1. The maximum atomic E-state index is 5.71. The van der Waals surface area contributed by atoms with Crippen molar-refractivity contribution in [2.75, 3.05) is 0 Å². The van der Waals surface area contributed by atoms with E-state index in [2.05, 4.69) is 10.2 Å². The van der Waals surface area contributed by atoms with Gasteiger partial charge in [0.2, 0.25) is 0 Å². The van der Waals surface area contributed by atoms with E-state index in [-0.39, 0.29) is 6.04 Å². The molecule has 56 valence electrons. The summed E-state index contributed by atoms with van der Waals surface area (Å²) in [6.45, 7) is 4.06. The topological polar surface area (TPSA) is 50.7 Å². The molecule has 0 fully saturated rings. The van der Waals surface area contributed by atoms with E-state index in [9.17, 15) is 0 Å². The zero-order chi connectivity index (χ0) is 7.56. The number of azo groups is 1. The van der Waals surface area contributed by atoms with Gasteiger partial charge in [-0.3, -0.25) is 0 Å². The molecular formula is C7H13N3. The lowest BCUT2D eigenvalue weighted by molar-refractivity contribution is 0.637. The van der Waals surface area contributed by atoms with E-state index in [4.69, 9.17) is 5.73 Å². The number of nitrogens with zero attached hydrogens (tertiary/aromatic N) is 2. The lowest BCUT2D eigenvalue weighted by Gasteiger charge is -2.12. The first-order valence-electron chi connectivity index (χ1n) is 3.62. The number of hydrogen-bond donors (Lipinski definition) is 1. The molecular weight excluding hydrogens is 126 g/mol. The molecule has 3 nitrogen and oxygen atoms in total. The minimum absolute atomic E-state index is 0.273. The molecule has 1 atom stereocenters. The van der Waals surface area contributed by atoms with Crippen LogP contribution < -0.4 is 5.73 Å². The zero-order valence-corrected chi connectivity index (χ0v) is 6.46. The maximum Gasteiger partial charge on any atom is 0.0810 e. The summed E-state index contributed by atoms with van der Waals surface area (Å²) in [6.07, 6.45) is 1.76. The first-order valence-corrected chi connectivity index (χ1v) is 3.62. The second-order valence-corrected chi connectivity index (χ2v) is 2.59. The summed E-state index contributed by atoms with van der Waals surface area (Å²) in [7, 11) is 0. The maximum absolute atomic E-state index is 5.71. The molecule has 0 bridgehead atoms. The van der Waals surface area contributed by atoms with Crippen molar-refractivity contribution in [1.29, 1.82) is 0 Å². The fraction of sp³-hybridized carbons (Fsp3) is 0.714. The van der Waals surface area contributed by atoms with Crippen molar-refractivity contribution in [3.05, 3.63) is 11.4 Å². The van der Waals surface area contributed by atoms with Gasteiger partial charge in [0.05, 0.1) is 11.7 Å². The third kappa shape index (κ3) is 1.35. The summed E-state index contributed by atoms with van der Waals surface area (Å²) in [6, 6.07) is 0.273. The quantitative estimate of drug-likeness (QED) is 0.591. The Bertz CT molecular complexity index is 181. The molecule has 0 aromatic rings. The normalized spacial score (nSPS) is 25.6. The van der Waals surface area contributed by atoms with Crippen LogP contribution in [0, 0.1) is 0 Å². The van der Waals surface area contributed by atoms with Gasteiger partial charge in [-0.1, -0.05) is 6.92 Å². The third-order valence-corrected chi connectivity index (χ3v) is 1.60. The van der Waals surface area contributed by atoms with E-state index in [0.29, 0.717) is 0 Å². The van der Waals surface area contributed by atoms with Crippen LogP contribution in [0.3, 0.4) is 0 Å². The van der Waals surface area contributed by atoms with Gasteiger partial charge in [-0.05, 0) is 13.3 Å². The van der Waals surface area contributed by atoms with Crippen molar-refractivity contribution in [3.8, 4) is 0 Å². The standard InChI is InChI=1S/C7H13N3/c1-3-7-6(8)4-5(2)9-10-7/h5H,3-4,8H2,1-2H3. The molecule has 3 heteroatoms. The minimum atomic E-state index is 0.273. The number of nitrogens with two attached hydrogens (primary N) is 1. The average Bonchev–Trinajstić information content (AvgIpc) is 1.88. The molecule has 0 aromatic heterocycles. The van der Waals surface area contributed by atoms with Crippen LogP contribution >= 0.6 is 0 Å². The highest BCUT2D eigenvalue weighted by Gasteiger charge is 2.10. The van der Waals surface area contributed by atoms with Crippen molar-refractivity contribution >= 4 is 0 Å². The molecule has 0 saturated carbocycles. The van der Waals surface area contributed by atoms with Gasteiger partial charge in [-0.15, -0.1) is 0 Å². The average molecular weight is 139 g/mol. The Morgan fingerprint density at radius 3 is 2.90 bits per heavy atom. The summed E-state index contributed by atoms with van der Waals surface area (Å²) in [4.78, 5) is 0. The summed E-state index contributed by atoms with van der Waals surface area (Å²) >= 11 is 0. The predicted octanol–water partition coefficient (Wildman–Crippen LogP) is 1.81. The van der Waals surface area contributed by atoms with Crippen molar-refractivity contribution in [2.45, 2.75) is 32.7 Å². The molecule has 1 heterocycles. The fourth-order valence-corrected chi connectivity index (χ4v) is 1.01. The largest absolute Gasteiger partial charge is 0.400 e. The molecule has 0 amide bonds. The predicted molar refractivity (Wildman–Crippen MR) is 40.4 cm³/mol. The van der Waals surface area contributed by atoms with Crippen LogP contribution in [-0.4, -0.2) is 6.04 Å². The molecule has 10 heavy (non-hydrogen) atoms. The van der Waals surface area contributed by atoms with Crippen molar-refractivity contribution < 1.29 is 0 Å². The SMILES string of the molecule is CCC1=C(N)CC(C)N=N1. The van der Waals surface area contributed by atoms with E-state index in [1.807, 2.05) is 13.8 Å². The second kappa shape index (κ2) is 2.82. The molecule has 1 aliphatic heterocycles. The van der Waals surface area contributed by atoms with Gasteiger partial charge in [0.15, 0.2) is 0 Å². The van der Waals surface area contributed by atoms with Crippen LogP contribution in [-0.2, 0) is 0 Å². The fourth-order valence-electron chi connectivity index (χ4n) is 1.01. The molecule has 1 unspecified atom stereocenters. The molecule has 0 aliphatic carbocycles.